The van der Waals surface area contributed by atoms with E-state index in [0.717, 1.165) is 16.2 Å². The highest BCUT2D eigenvalue weighted by Gasteiger charge is 2.36. The van der Waals surface area contributed by atoms with Crippen molar-refractivity contribution in [2.75, 3.05) is 25.2 Å². The first-order chi connectivity index (χ1) is 16.9. The summed E-state index contributed by atoms with van der Waals surface area (Å²) in [6.07, 6.45) is 1.43. The van der Waals surface area contributed by atoms with Gasteiger partial charge in [-0.2, -0.15) is 0 Å². The molecule has 0 unspecified atom stereocenters. The lowest BCUT2D eigenvalue weighted by Crippen LogP contribution is -2.54. The number of barbiturate groups is 1. The molecule has 8 nitrogen and oxygen atoms in total. The molecule has 1 N–H and O–H groups in total. The summed E-state index contributed by atoms with van der Waals surface area (Å²) in [6.45, 7) is 2.68. The monoisotopic (exact) mass is 472 g/mol. The molecule has 0 spiro atoms. The molecule has 0 aromatic heterocycles. The minimum absolute atomic E-state index is 0.166. The van der Waals surface area contributed by atoms with Gasteiger partial charge < -0.3 is 14.2 Å². The normalized spacial score (nSPS) is 14.6. The van der Waals surface area contributed by atoms with E-state index in [4.69, 9.17) is 14.2 Å². The molecule has 4 rings (SSSR count). The molecular weight excluding hydrogens is 448 g/mol. The number of hydrogen-bond donors (Lipinski definition) is 1. The number of hydrogen-bond acceptors (Lipinski definition) is 6. The van der Waals surface area contributed by atoms with Crippen LogP contribution in [0.25, 0.3) is 6.08 Å². The van der Waals surface area contributed by atoms with Crippen LogP contribution in [-0.2, 0) is 9.59 Å². The number of ether oxygens (including phenoxy) is 3. The Hall–Kier alpha value is -4.59. The van der Waals surface area contributed by atoms with E-state index in [1.807, 2.05) is 31.2 Å². The Labute approximate surface area is 202 Å². The van der Waals surface area contributed by atoms with Crippen molar-refractivity contribution in [3.63, 3.8) is 0 Å². The SMILES string of the molecule is COc1ccc(N2C(=O)NC(=O)/C(=C\c3cccc(OCCOc4ccc(C)cc4)c3)C2=O)cc1. The number of carbonyl (C=O) groups is 3. The molecule has 0 atom stereocenters. The van der Waals surface area contributed by atoms with Gasteiger partial charge in [0.2, 0.25) is 0 Å². The first-order valence-corrected chi connectivity index (χ1v) is 10.9. The number of methoxy groups -OCH3 is 1. The molecule has 3 aromatic carbocycles. The van der Waals surface area contributed by atoms with Gasteiger partial charge in [0.1, 0.15) is 36.0 Å². The number of imide groups is 2. The maximum atomic E-state index is 13.1. The summed E-state index contributed by atoms with van der Waals surface area (Å²) in [5, 5.41) is 2.21. The highest BCUT2D eigenvalue weighted by molar-refractivity contribution is 6.39. The van der Waals surface area contributed by atoms with Crippen LogP contribution in [0.3, 0.4) is 0 Å². The van der Waals surface area contributed by atoms with Crippen LogP contribution < -0.4 is 24.4 Å². The molecule has 8 heteroatoms. The molecule has 1 aliphatic rings. The second-order valence-corrected chi connectivity index (χ2v) is 7.74. The molecule has 3 aromatic rings. The van der Waals surface area contributed by atoms with E-state index in [1.165, 1.54) is 13.2 Å². The predicted octanol–water partition coefficient (Wildman–Crippen LogP) is 4.13. The zero-order chi connectivity index (χ0) is 24.8. The van der Waals surface area contributed by atoms with Gasteiger partial charge in [0.25, 0.3) is 11.8 Å². The van der Waals surface area contributed by atoms with Gasteiger partial charge in [-0.05, 0) is 67.1 Å². The number of nitrogens with one attached hydrogen (secondary N) is 1. The van der Waals surface area contributed by atoms with E-state index in [0.29, 0.717) is 36.0 Å². The standard InChI is InChI=1S/C27H24N2O6/c1-18-6-10-22(11-7-18)34-14-15-35-23-5-3-4-19(16-23)17-24-25(30)28-27(32)29(26(24)31)20-8-12-21(33-2)13-9-20/h3-13,16-17H,14-15H2,1-2H3,(H,28,30,32)/b24-17+. The Bertz CT molecular complexity index is 1270. The van der Waals surface area contributed by atoms with Crippen LogP contribution in [-0.4, -0.2) is 38.2 Å². The largest absolute Gasteiger partial charge is 0.497 e. The zero-order valence-corrected chi connectivity index (χ0v) is 19.3. The minimum atomic E-state index is -0.812. The number of anilines is 1. The van der Waals surface area contributed by atoms with E-state index >= 15 is 0 Å². The number of aryl methyl sites for hydroxylation is 1. The van der Waals surface area contributed by atoms with Crippen molar-refractivity contribution in [3.05, 3.63) is 89.5 Å². The number of rotatable bonds is 8. The maximum absolute atomic E-state index is 13.1. The molecule has 4 amide bonds. The molecule has 0 bridgehead atoms. The van der Waals surface area contributed by atoms with E-state index in [9.17, 15) is 14.4 Å². The summed E-state index contributed by atoms with van der Waals surface area (Å²) in [6, 6.07) is 20.3. The summed E-state index contributed by atoms with van der Waals surface area (Å²) in [5.41, 5.74) is 1.88. The van der Waals surface area contributed by atoms with Crippen LogP contribution in [0.2, 0.25) is 0 Å². The summed E-state index contributed by atoms with van der Waals surface area (Å²) in [4.78, 5) is 38.8. The van der Waals surface area contributed by atoms with Gasteiger partial charge in [-0.15, -0.1) is 0 Å². The Kier molecular flexibility index (Phi) is 7.11. The summed E-state index contributed by atoms with van der Waals surface area (Å²) < 4.78 is 16.5. The second-order valence-electron chi connectivity index (χ2n) is 7.74. The molecule has 0 saturated carbocycles. The fourth-order valence-corrected chi connectivity index (χ4v) is 3.44. The third-order valence-corrected chi connectivity index (χ3v) is 5.24. The molecule has 1 saturated heterocycles. The highest BCUT2D eigenvalue weighted by Crippen LogP contribution is 2.25. The number of nitrogens with zero attached hydrogens (tertiary/aromatic N) is 1. The van der Waals surface area contributed by atoms with Crippen molar-refractivity contribution in [1.29, 1.82) is 0 Å². The molecule has 35 heavy (non-hydrogen) atoms. The third-order valence-electron chi connectivity index (χ3n) is 5.24. The fraction of sp³-hybridized carbons (Fsp3) is 0.148. The Morgan fingerprint density at radius 3 is 2.17 bits per heavy atom. The first-order valence-electron chi connectivity index (χ1n) is 10.9. The van der Waals surface area contributed by atoms with Crippen LogP contribution in [0.5, 0.6) is 17.2 Å². The van der Waals surface area contributed by atoms with E-state index in [1.54, 1.807) is 48.5 Å². The van der Waals surface area contributed by atoms with Gasteiger partial charge >= 0.3 is 6.03 Å². The summed E-state index contributed by atoms with van der Waals surface area (Å²) in [5.74, 6) is 0.407. The van der Waals surface area contributed by atoms with Crippen molar-refractivity contribution in [2.45, 2.75) is 6.92 Å². The quantitative estimate of drug-likeness (QED) is 0.301. The van der Waals surface area contributed by atoms with Gasteiger partial charge in [-0.3, -0.25) is 14.9 Å². The molecular formula is C27H24N2O6. The second kappa shape index (κ2) is 10.6. The molecule has 0 aliphatic carbocycles. The predicted molar refractivity (Wildman–Crippen MR) is 131 cm³/mol. The van der Waals surface area contributed by atoms with Crippen molar-refractivity contribution in [3.8, 4) is 17.2 Å². The molecule has 1 heterocycles. The van der Waals surface area contributed by atoms with Gasteiger partial charge in [0, 0.05) is 0 Å². The van der Waals surface area contributed by atoms with Gasteiger partial charge in [-0.25, -0.2) is 9.69 Å². The smallest absolute Gasteiger partial charge is 0.335 e. The molecule has 0 radical (unpaired) electrons. The van der Waals surface area contributed by atoms with E-state index in [-0.39, 0.29) is 5.57 Å². The lowest BCUT2D eigenvalue weighted by molar-refractivity contribution is -0.122. The Balaban J connectivity index is 1.45. The van der Waals surface area contributed by atoms with Crippen LogP contribution in [0.15, 0.2) is 78.4 Å². The molecule has 1 fully saturated rings. The number of benzene rings is 3. The van der Waals surface area contributed by atoms with Crippen LogP contribution in [0.1, 0.15) is 11.1 Å². The lowest BCUT2D eigenvalue weighted by Gasteiger charge is -2.26. The molecule has 1 aliphatic heterocycles. The third kappa shape index (κ3) is 5.67. The lowest BCUT2D eigenvalue weighted by atomic mass is 10.1. The Morgan fingerprint density at radius 2 is 1.49 bits per heavy atom. The van der Waals surface area contributed by atoms with Crippen molar-refractivity contribution in [1.82, 2.24) is 5.32 Å². The Morgan fingerprint density at radius 1 is 0.829 bits per heavy atom. The number of amides is 4. The number of urea groups is 1. The fourth-order valence-electron chi connectivity index (χ4n) is 3.44. The number of carbonyl (C=O) groups excluding carboxylic acids is 3. The van der Waals surface area contributed by atoms with Gasteiger partial charge in [0.15, 0.2) is 0 Å². The van der Waals surface area contributed by atoms with Gasteiger partial charge in [-0.1, -0.05) is 29.8 Å². The van der Waals surface area contributed by atoms with E-state index in [2.05, 4.69) is 5.32 Å². The van der Waals surface area contributed by atoms with Crippen molar-refractivity contribution < 1.29 is 28.6 Å². The van der Waals surface area contributed by atoms with Crippen molar-refractivity contribution in [2.24, 2.45) is 0 Å². The maximum Gasteiger partial charge on any atom is 0.335 e. The van der Waals surface area contributed by atoms with Crippen LogP contribution in [0.4, 0.5) is 10.5 Å². The topological polar surface area (TPSA) is 94.2 Å². The first kappa shape index (κ1) is 23.6. The van der Waals surface area contributed by atoms with Crippen LogP contribution >= 0.6 is 0 Å². The average molecular weight is 472 g/mol. The van der Waals surface area contributed by atoms with Gasteiger partial charge in [0.05, 0.1) is 12.8 Å². The summed E-state index contributed by atoms with van der Waals surface area (Å²) >= 11 is 0. The molecule has 178 valence electrons. The summed E-state index contributed by atoms with van der Waals surface area (Å²) in [7, 11) is 1.52. The van der Waals surface area contributed by atoms with E-state index < -0.39 is 17.8 Å². The zero-order valence-electron chi connectivity index (χ0n) is 19.3. The minimum Gasteiger partial charge on any atom is -0.497 e. The van der Waals surface area contributed by atoms with Crippen LogP contribution in [0, 0.1) is 6.92 Å². The average Bonchev–Trinajstić information content (AvgIpc) is 2.86. The highest BCUT2D eigenvalue weighted by atomic mass is 16.5. The van der Waals surface area contributed by atoms with Crippen molar-refractivity contribution >= 4 is 29.6 Å².